The van der Waals surface area contributed by atoms with Crippen molar-refractivity contribution in [3.63, 3.8) is 0 Å². The van der Waals surface area contributed by atoms with Crippen molar-refractivity contribution < 1.29 is 9.32 Å². The fourth-order valence-corrected chi connectivity index (χ4v) is 5.70. The Kier molecular flexibility index (Phi) is 5.00. The number of hydrogen-bond acceptors (Lipinski definition) is 4. The fourth-order valence-electron chi connectivity index (χ4n) is 5.13. The zero-order chi connectivity index (χ0) is 22.7. The molecule has 2 N–H and O–H groups in total. The minimum absolute atomic E-state index is 0.396. The molecule has 1 amide bonds. The molecule has 2 aliphatic carbocycles. The minimum atomic E-state index is -0.396. The second kappa shape index (κ2) is 7.93. The Morgan fingerprint density at radius 2 is 1.73 bits per heavy atom. The normalized spacial score (nSPS) is 23.8. The van der Waals surface area contributed by atoms with Gasteiger partial charge in [0.2, 0.25) is 5.91 Å². The molecule has 3 aromatic rings. The number of anilines is 1. The van der Waals surface area contributed by atoms with Gasteiger partial charge in [-0.05, 0) is 67.0 Å². The summed E-state index contributed by atoms with van der Waals surface area (Å²) in [5, 5.41) is 5.53. The number of allylic oxidation sites excluding steroid dienone is 1. The summed E-state index contributed by atoms with van der Waals surface area (Å²) in [6, 6.07) is 13.1. The number of rotatable bonds is 6. The lowest BCUT2D eigenvalue weighted by molar-refractivity contribution is 0.100. The van der Waals surface area contributed by atoms with Gasteiger partial charge in [-0.25, -0.2) is 0 Å². The number of benzene rings is 2. The number of halogens is 2. The second-order valence-corrected chi connectivity index (χ2v) is 10.1. The van der Waals surface area contributed by atoms with Crippen LogP contribution in [-0.2, 0) is 0 Å². The lowest BCUT2D eigenvalue weighted by atomic mass is 10.0. The van der Waals surface area contributed by atoms with Gasteiger partial charge in [-0.3, -0.25) is 4.79 Å². The molecule has 2 saturated carbocycles. The molecule has 1 aliphatic heterocycles. The molecular weight excluding hydrogens is 457 g/mol. The van der Waals surface area contributed by atoms with E-state index in [1.165, 1.54) is 0 Å². The molecule has 1 aromatic heterocycles. The highest BCUT2D eigenvalue weighted by molar-refractivity contribution is 6.39. The zero-order valence-corrected chi connectivity index (χ0v) is 19.4. The molecule has 7 heteroatoms. The Morgan fingerprint density at radius 1 is 1.06 bits per heavy atom. The van der Waals surface area contributed by atoms with Crippen molar-refractivity contribution in [1.82, 2.24) is 5.16 Å². The smallest absolute Gasteiger partial charge is 0.248 e. The monoisotopic (exact) mass is 479 g/mol. The SMILES string of the molecule is NC(=O)c1ccc(N2CC3C(C=Cc4c(-c5c(Cl)cccc5Cl)noc4C4CC4)C3C2)cc1. The first-order chi connectivity index (χ1) is 16.0. The molecule has 33 heavy (non-hydrogen) atoms. The molecule has 6 rings (SSSR count). The van der Waals surface area contributed by atoms with Crippen LogP contribution in [0, 0.1) is 17.8 Å². The Bertz CT molecular complexity index is 1230. The maximum absolute atomic E-state index is 11.3. The summed E-state index contributed by atoms with van der Waals surface area (Å²) >= 11 is 12.9. The minimum Gasteiger partial charge on any atom is -0.371 e. The highest BCUT2D eigenvalue weighted by Crippen LogP contribution is 2.54. The van der Waals surface area contributed by atoms with E-state index in [2.05, 4.69) is 22.2 Å². The maximum Gasteiger partial charge on any atom is 0.248 e. The summed E-state index contributed by atoms with van der Waals surface area (Å²) in [7, 11) is 0. The molecule has 2 unspecified atom stereocenters. The highest BCUT2D eigenvalue weighted by atomic mass is 35.5. The standard InChI is InChI=1S/C26H23Cl2N3O2/c27-21-2-1-3-22(28)23(21)24-18(25(33-30-24)14-4-5-14)11-10-17-19-12-31(13-20(17)19)16-8-6-15(7-9-16)26(29)32/h1-3,6-11,14,17,19-20H,4-5,12-13H2,(H2,29,32). The van der Waals surface area contributed by atoms with Crippen LogP contribution in [0.15, 0.2) is 53.1 Å². The number of hydrogen-bond donors (Lipinski definition) is 1. The van der Waals surface area contributed by atoms with Crippen LogP contribution in [0.2, 0.25) is 10.0 Å². The van der Waals surface area contributed by atoms with Gasteiger partial charge in [0.05, 0.1) is 10.0 Å². The number of nitrogens with two attached hydrogens (primary N) is 1. The number of fused-ring (bicyclic) bond motifs is 1. The third kappa shape index (κ3) is 3.73. The molecule has 3 aliphatic rings. The van der Waals surface area contributed by atoms with E-state index in [0.717, 1.165) is 54.2 Å². The van der Waals surface area contributed by atoms with Crippen LogP contribution in [0.4, 0.5) is 5.69 Å². The highest BCUT2D eigenvalue weighted by Gasteiger charge is 2.54. The number of aromatic nitrogens is 1. The summed E-state index contributed by atoms with van der Waals surface area (Å²) in [6.07, 6.45) is 6.75. The molecule has 5 nitrogen and oxygen atoms in total. The number of primary amides is 1. The van der Waals surface area contributed by atoms with Crippen LogP contribution in [0.25, 0.3) is 17.3 Å². The van der Waals surface area contributed by atoms with Crippen molar-refractivity contribution in [1.29, 1.82) is 0 Å². The van der Waals surface area contributed by atoms with Crippen molar-refractivity contribution in [2.75, 3.05) is 18.0 Å². The Hall–Kier alpha value is -2.76. The molecule has 2 aromatic carbocycles. The van der Waals surface area contributed by atoms with Crippen molar-refractivity contribution >= 4 is 40.9 Å². The van der Waals surface area contributed by atoms with Gasteiger partial charge in [0.1, 0.15) is 11.5 Å². The molecular formula is C26H23Cl2N3O2. The first-order valence-corrected chi connectivity index (χ1v) is 12.0. The van der Waals surface area contributed by atoms with E-state index in [-0.39, 0.29) is 0 Å². The van der Waals surface area contributed by atoms with E-state index in [1.807, 2.05) is 30.3 Å². The first-order valence-electron chi connectivity index (χ1n) is 11.3. The summed E-state index contributed by atoms with van der Waals surface area (Å²) in [4.78, 5) is 13.7. The summed E-state index contributed by atoms with van der Waals surface area (Å²) in [5.74, 6) is 2.79. The number of piperidine rings is 1. The van der Waals surface area contributed by atoms with Crippen molar-refractivity contribution in [2.45, 2.75) is 18.8 Å². The van der Waals surface area contributed by atoms with E-state index in [0.29, 0.717) is 39.3 Å². The molecule has 3 fully saturated rings. The van der Waals surface area contributed by atoms with Gasteiger partial charge in [-0.15, -0.1) is 0 Å². The van der Waals surface area contributed by atoms with Gasteiger partial charge in [-0.2, -0.15) is 0 Å². The number of amides is 1. The third-order valence-corrected chi connectivity index (χ3v) is 7.80. The van der Waals surface area contributed by atoms with E-state index in [4.69, 9.17) is 33.5 Å². The van der Waals surface area contributed by atoms with Gasteiger partial charge in [0.25, 0.3) is 0 Å². The summed E-state index contributed by atoms with van der Waals surface area (Å²) in [5.41, 5.74) is 9.50. The Morgan fingerprint density at radius 3 is 2.33 bits per heavy atom. The molecule has 1 saturated heterocycles. The number of carbonyl (C=O) groups excluding carboxylic acids is 1. The average Bonchev–Trinajstić information content (AvgIpc) is 3.67. The van der Waals surface area contributed by atoms with Crippen LogP contribution >= 0.6 is 23.2 Å². The Labute approximate surface area is 202 Å². The molecule has 2 heterocycles. The molecule has 2 atom stereocenters. The largest absolute Gasteiger partial charge is 0.371 e. The van der Waals surface area contributed by atoms with Gasteiger partial charge < -0.3 is 15.2 Å². The predicted molar refractivity (Wildman–Crippen MR) is 131 cm³/mol. The fraction of sp³-hybridized carbons (Fsp3) is 0.308. The predicted octanol–water partition coefficient (Wildman–Crippen LogP) is 6.02. The maximum atomic E-state index is 11.3. The van der Waals surface area contributed by atoms with Crippen molar-refractivity contribution in [3.8, 4) is 11.3 Å². The van der Waals surface area contributed by atoms with Crippen LogP contribution in [0.1, 0.15) is 40.4 Å². The van der Waals surface area contributed by atoms with Gasteiger partial charge >= 0.3 is 0 Å². The van der Waals surface area contributed by atoms with Crippen LogP contribution in [0.3, 0.4) is 0 Å². The lowest BCUT2D eigenvalue weighted by Crippen LogP contribution is -2.23. The lowest BCUT2D eigenvalue weighted by Gasteiger charge is -2.21. The zero-order valence-electron chi connectivity index (χ0n) is 17.9. The van der Waals surface area contributed by atoms with Crippen LogP contribution in [-0.4, -0.2) is 24.2 Å². The van der Waals surface area contributed by atoms with Gasteiger partial charge in [0.15, 0.2) is 0 Å². The molecule has 168 valence electrons. The Balaban J connectivity index is 1.20. The average molecular weight is 480 g/mol. The first kappa shape index (κ1) is 20.8. The van der Waals surface area contributed by atoms with Crippen LogP contribution in [0.5, 0.6) is 0 Å². The topological polar surface area (TPSA) is 72.4 Å². The number of nitrogens with zero attached hydrogens (tertiary/aromatic N) is 2. The summed E-state index contributed by atoms with van der Waals surface area (Å²) in [6.45, 7) is 2.02. The third-order valence-electron chi connectivity index (χ3n) is 7.17. The van der Waals surface area contributed by atoms with Crippen LogP contribution < -0.4 is 10.6 Å². The van der Waals surface area contributed by atoms with Crippen molar-refractivity contribution in [3.05, 3.63) is 75.5 Å². The van der Waals surface area contributed by atoms with Crippen molar-refractivity contribution in [2.24, 2.45) is 23.5 Å². The molecule has 0 radical (unpaired) electrons. The van der Waals surface area contributed by atoms with Gasteiger partial charge in [-0.1, -0.05) is 46.6 Å². The number of carbonyl (C=O) groups is 1. The van der Waals surface area contributed by atoms with E-state index in [9.17, 15) is 4.79 Å². The van der Waals surface area contributed by atoms with E-state index >= 15 is 0 Å². The molecule has 0 bridgehead atoms. The van der Waals surface area contributed by atoms with E-state index in [1.54, 1.807) is 12.1 Å². The quantitative estimate of drug-likeness (QED) is 0.468. The second-order valence-electron chi connectivity index (χ2n) is 9.26. The summed E-state index contributed by atoms with van der Waals surface area (Å²) < 4.78 is 5.77. The van der Waals surface area contributed by atoms with Gasteiger partial charge in [0, 0.05) is 41.4 Å². The molecule has 0 spiro atoms. The van der Waals surface area contributed by atoms with E-state index < -0.39 is 5.91 Å².